The van der Waals surface area contributed by atoms with Crippen LogP contribution in [0.25, 0.3) is 0 Å². The molecule has 1 N–H and O–H groups in total. The summed E-state index contributed by atoms with van der Waals surface area (Å²) in [5, 5.41) is 1.76. The summed E-state index contributed by atoms with van der Waals surface area (Å²) in [6, 6.07) is 13.1. The summed E-state index contributed by atoms with van der Waals surface area (Å²) >= 11 is 0. The monoisotopic (exact) mass is 457 g/mol. The van der Waals surface area contributed by atoms with Gasteiger partial charge in [0.25, 0.3) is 0 Å². The Morgan fingerprint density at radius 3 is 2.75 bits per heavy atom. The Labute approximate surface area is 192 Å². The van der Waals surface area contributed by atoms with Crippen LogP contribution in [0.5, 0.6) is 5.75 Å². The number of hydrazine groups is 1. The van der Waals surface area contributed by atoms with E-state index in [1.807, 2.05) is 0 Å². The molecular weight excluding hydrogens is 422 g/mol. The predicted octanol–water partition coefficient (Wildman–Crippen LogP) is 3.46. The van der Waals surface area contributed by atoms with Gasteiger partial charge in [0.15, 0.2) is 0 Å². The average Bonchev–Trinajstić information content (AvgIpc) is 3.15. The fourth-order valence-electron chi connectivity index (χ4n) is 5.17. The number of likely N-dealkylation sites (N-methyl/N-ethyl adjacent to an activating group) is 1. The molecule has 2 aromatic rings. The SMILES string of the molecule is CCN(CCc1ccc2c(c1)CN(NS(C)(=O)=O)C2)C[C@@H]1CCCc2c(OC)cccc21. The minimum Gasteiger partial charge on any atom is -0.496 e. The molecule has 6 nitrogen and oxygen atoms in total. The zero-order valence-corrected chi connectivity index (χ0v) is 20.2. The highest BCUT2D eigenvalue weighted by atomic mass is 32.2. The van der Waals surface area contributed by atoms with E-state index in [2.05, 4.69) is 53.1 Å². The fraction of sp³-hybridized carbons (Fsp3) is 0.520. The van der Waals surface area contributed by atoms with Gasteiger partial charge in [0.05, 0.1) is 13.4 Å². The molecule has 174 valence electrons. The van der Waals surface area contributed by atoms with Gasteiger partial charge in [-0.05, 0) is 72.0 Å². The zero-order chi connectivity index (χ0) is 22.7. The molecule has 0 saturated heterocycles. The first-order valence-corrected chi connectivity index (χ1v) is 13.5. The molecule has 0 saturated carbocycles. The Kier molecular flexibility index (Phi) is 7.20. The van der Waals surface area contributed by atoms with Crippen molar-refractivity contribution in [1.82, 2.24) is 14.7 Å². The number of nitrogens with zero attached hydrogens (tertiary/aromatic N) is 2. The molecule has 1 atom stereocenters. The van der Waals surface area contributed by atoms with Crippen LogP contribution < -0.4 is 9.57 Å². The number of sulfonamides is 1. The zero-order valence-electron chi connectivity index (χ0n) is 19.4. The lowest BCUT2D eigenvalue weighted by atomic mass is 9.82. The van der Waals surface area contributed by atoms with Crippen molar-refractivity contribution in [3.8, 4) is 5.75 Å². The first kappa shape index (κ1) is 23.2. The van der Waals surface area contributed by atoms with Crippen LogP contribution in [0.2, 0.25) is 0 Å². The summed E-state index contributed by atoms with van der Waals surface area (Å²) in [7, 11) is -1.47. The molecule has 0 unspecified atom stereocenters. The fourth-order valence-corrected chi connectivity index (χ4v) is 5.77. The minimum absolute atomic E-state index is 0.560. The van der Waals surface area contributed by atoms with Crippen LogP contribution in [0.3, 0.4) is 0 Å². The first-order chi connectivity index (χ1) is 15.4. The van der Waals surface area contributed by atoms with Crippen LogP contribution in [0.1, 0.15) is 53.5 Å². The molecule has 7 heteroatoms. The Balaban J connectivity index is 1.37. The number of nitrogens with one attached hydrogen (secondary N) is 1. The van der Waals surface area contributed by atoms with E-state index in [1.54, 1.807) is 12.1 Å². The summed E-state index contributed by atoms with van der Waals surface area (Å²) in [5.41, 5.74) is 6.59. The van der Waals surface area contributed by atoms with Crippen LogP contribution in [0, 0.1) is 0 Å². The summed E-state index contributed by atoms with van der Waals surface area (Å²) < 4.78 is 28.7. The lowest BCUT2D eigenvalue weighted by Gasteiger charge is -2.31. The molecule has 1 aliphatic heterocycles. The Bertz CT molecular complexity index is 1050. The number of benzene rings is 2. The third-order valence-corrected chi connectivity index (χ3v) is 7.33. The smallest absolute Gasteiger partial charge is 0.221 e. The Morgan fingerprint density at radius 1 is 1.19 bits per heavy atom. The Morgan fingerprint density at radius 2 is 2.00 bits per heavy atom. The molecule has 0 aromatic heterocycles. The lowest BCUT2D eigenvalue weighted by molar-refractivity contribution is 0.248. The quantitative estimate of drug-likeness (QED) is 0.625. The highest BCUT2D eigenvalue weighted by Crippen LogP contribution is 2.37. The van der Waals surface area contributed by atoms with Gasteiger partial charge in [-0.2, -0.15) is 0 Å². The predicted molar refractivity (Wildman–Crippen MR) is 128 cm³/mol. The molecule has 2 aromatic carbocycles. The highest BCUT2D eigenvalue weighted by Gasteiger charge is 2.25. The van der Waals surface area contributed by atoms with Gasteiger partial charge in [0.2, 0.25) is 10.0 Å². The highest BCUT2D eigenvalue weighted by molar-refractivity contribution is 7.88. The summed E-state index contributed by atoms with van der Waals surface area (Å²) in [6.07, 6.45) is 5.76. The molecule has 0 spiro atoms. The van der Waals surface area contributed by atoms with Crippen LogP contribution in [0.15, 0.2) is 36.4 Å². The van der Waals surface area contributed by atoms with Crippen molar-refractivity contribution in [2.75, 3.05) is 33.0 Å². The van der Waals surface area contributed by atoms with E-state index in [-0.39, 0.29) is 0 Å². The van der Waals surface area contributed by atoms with Gasteiger partial charge in [-0.25, -0.2) is 13.4 Å². The summed E-state index contributed by atoms with van der Waals surface area (Å²) in [6.45, 7) is 6.62. The second-order valence-corrected chi connectivity index (χ2v) is 10.8. The van der Waals surface area contributed by atoms with Crippen molar-refractivity contribution in [2.24, 2.45) is 0 Å². The molecule has 4 rings (SSSR count). The number of hydrogen-bond donors (Lipinski definition) is 1. The third-order valence-electron chi connectivity index (χ3n) is 6.74. The van der Waals surface area contributed by atoms with Gasteiger partial charge in [-0.3, -0.25) is 0 Å². The van der Waals surface area contributed by atoms with Gasteiger partial charge in [0, 0.05) is 26.2 Å². The lowest BCUT2D eigenvalue weighted by Crippen LogP contribution is -2.37. The van der Waals surface area contributed by atoms with Crippen LogP contribution in [-0.4, -0.2) is 51.3 Å². The largest absolute Gasteiger partial charge is 0.496 e. The van der Waals surface area contributed by atoms with Gasteiger partial charge in [-0.15, -0.1) is 4.83 Å². The maximum atomic E-state index is 11.5. The van der Waals surface area contributed by atoms with Crippen molar-refractivity contribution >= 4 is 10.0 Å². The molecule has 1 aliphatic carbocycles. The van der Waals surface area contributed by atoms with E-state index in [1.165, 1.54) is 46.9 Å². The van der Waals surface area contributed by atoms with Gasteiger partial charge >= 0.3 is 0 Å². The van der Waals surface area contributed by atoms with E-state index < -0.39 is 10.0 Å². The number of hydrogen-bond acceptors (Lipinski definition) is 5. The van der Waals surface area contributed by atoms with E-state index in [0.717, 1.165) is 38.2 Å². The van der Waals surface area contributed by atoms with Crippen molar-refractivity contribution in [3.63, 3.8) is 0 Å². The standard InChI is InChI=1S/C25H35N3O3S/c1-4-27(16-21-7-5-9-24-23(21)8-6-10-25(24)31-2)14-13-19-11-12-20-17-28(18-22(20)15-19)26-32(3,29)30/h6,8,10-12,15,21,26H,4-5,7,9,13-14,16-18H2,1-3H3/t21-/m0/s1. The maximum absolute atomic E-state index is 11.5. The van der Waals surface area contributed by atoms with Crippen molar-refractivity contribution in [1.29, 1.82) is 0 Å². The summed E-state index contributed by atoms with van der Waals surface area (Å²) in [4.78, 5) is 5.15. The van der Waals surface area contributed by atoms with Crippen molar-refractivity contribution in [2.45, 2.75) is 51.6 Å². The normalized spacial score (nSPS) is 18.6. The number of ether oxygens (including phenoxy) is 1. The molecule has 0 fully saturated rings. The van der Waals surface area contributed by atoms with E-state index in [9.17, 15) is 8.42 Å². The van der Waals surface area contributed by atoms with E-state index in [0.29, 0.717) is 19.0 Å². The van der Waals surface area contributed by atoms with Crippen LogP contribution in [-0.2, 0) is 36.0 Å². The molecular formula is C25H35N3O3S. The average molecular weight is 458 g/mol. The van der Waals surface area contributed by atoms with E-state index >= 15 is 0 Å². The molecule has 0 radical (unpaired) electrons. The third kappa shape index (κ3) is 5.52. The number of rotatable bonds is 9. The van der Waals surface area contributed by atoms with Gasteiger partial charge < -0.3 is 9.64 Å². The molecule has 0 bridgehead atoms. The van der Waals surface area contributed by atoms with Crippen LogP contribution >= 0.6 is 0 Å². The van der Waals surface area contributed by atoms with Gasteiger partial charge in [0.1, 0.15) is 5.75 Å². The number of methoxy groups -OCH3 is 1. The van der Waals surface area contributed by atoms with Crippen molar-refractivity contribution < 1.29 is 13.2 Å². The summed E-state index contributed by atoms with van der Waals surface area (Å²) in [5.74, 6) is 1.59. The van der Waals surface area contributed by atoms with Crippen LogP contribution in [0.4, 0.5) is 0 Å². The molecule has 32 heavy (non-hydrogen) atoms. The minimum atomic E-state index is -3.24. The topological polar surface area (TPSA) is 61.9 Å². The van der Waals surface area contributed by atoms with Gasteiger partial charge in [-0.1, -0.05) is 37.3 Å². The maximum Gasteiger partial charge on any atom is 0.221 e. The number of fused-ring (bicyclic) bond motifs is 2. The van der Waals surface area contributed by atoms with Crippen molar-refractivity contribution in [3.05, 3.63) is 64.2 Å². The second-order valence-electron chi connectivity index (χ2n) is 9.08. The molecule has 0 amide bonds. The van der Waals surface area contributed by atoms with E-state index in [4.69, 9.17) is 4.74 Å². The second kappa shape index (κ2) is 9.91. The Hall–Kier alpha value is -1.93. The first-order valence-electron chi connectivity index (χ1n) is 11.6. The molecule has 1 heterocycles. The molecule has 2 aliphatic rings.